The highest BCUT2D eigenvalue weighted by Crippen LogP contribution is 2.19. The fourth-order valence-corrected chi connectivity index (χ4v) is 2.12. The van der Waals surface area contributed by atoms with Gasteiger partial charge in [0.1, 0.15) is 0 Å². The number of nitrogens with zero attached hydrogens (tertiary/aromatic N) is 2. The summed E-state index contributed by atoms with van der Waals surface area (Å²) in [5.41, 5.74) is 2.44. The lowest BCUT2D eigenvalue weighted by Gasteiger charge is -2.05. The molecule has 82 valence electrons. The number of carboxylic acid groups (broad SMARTS) is 1. The normalized spacial score (nSPS) is 15.7. The number of aryl methyl sites for hydroxylation is 2. The first-order valence-electron chi connectivity index (χ1n) is 5.52. The molecule has 0 unspecified atom stereocenters. The Morgan fingerprint density at radius 1 is 1.40 bits per heavy atom. The summed E-state index contributed by atoms with van der Waals surface area (Å²) in [6, 6.07) is 0. The molecule has 0 saturated carbocycles. The van der Waals surface area contributed by atoms with E-state index in [0.717, 1.165) is 12.8 Å². The molecular weight excluding hydrogens is 192 g/mol. The van der Waals surface area contributed by atoms with Crippen LogP contribution in [-0.2, 0) is 24.2 Å². The summed E-state index contributed by atoms with van der Waals surface area (Å²) in [5, 5.41) is 8.64. The van der Waals surface area contributed by atoms with Crippen molar-refractivity contribution in [2.24, 2.45) is 0 Å². The molecule has 15 heavy (non-hydrogen) atoms. The minimum Gasteiger partial charge on any atom is -0.481 e. The van der Waals surface area contributed by atoms with Crippen LogP contribution in [0.25, 0.3) is 0 Å². The first kappa shape index (κ1) is 10.2. The predicted molar refractivity (Wildman–Crippen MR) is 55.7 cm³/mol. The van der Waals surface area contributed by atoms with Gasteiger partial charge in [0.2, 0.25) is 0 Å². The lowest BCUT2D eigenvalue weighted by Crippen LogP contribution is -2.07. The van der Waals surface area contributed by atoms with E-state index in [1.54, 1.807) is 6.33 Å². The van der Waals surface area contributed by atoms with Crippen LogP contribution in [0.15, 0.2) is 6.33 Å². The minimum absolute atomic E-state index is 0.183. The number of imidazole rings is 1. The highest BCUT2D eigenvalue weighted by atomic mass is 16.4. The third-order valence-electron chi connectivity index (χ3n) is 2.93. The second-order valence-corrected chi connectivity index (χ2v) is 4.04. The maximum Gasteiger partial charge on any atom is 0.305 e. The molecule has 0 saturated heterocycles. The number of hydrogen-bond donors (Lipinski definition) is 1. The maximum absolute atomic E-state index is 10.5. The highest BCUT2D eigenvalue weighted by molar-refractivity contribution is 5.66. The summed E-state index contributed by atoms with van der Waals surface area (Å²) >= 11 is 0. The molecule has 1 aromatic heterocycles. The second kappa shape index (κ2) is 4.47. The molecule has 1 heterocycles. The molecule has 1 aliphatic rings. The molecule has 2 rings (SSSR count). The molecule has 0 amide bonds. The topological polar surface area (TPSA) is 55.1 Å². The molecule has 1 aliphatic carbocycles. The number of carbonyl (C=O) groups is 1. The Labute approximate surface area is 88.9 Å². The number of rotatable bonds is 3. The number of aromatic nitrogens is 2. The lowest BCUT2D eigenvalue weighted by molar-refractivity contribution is -0.137. The second-order valence-electron chi connectivity index (χ2n) is 4.04. The van der Waals surface area contributed by atoms with E-state index in [2.05, 4.69) is 4.98 Å². The van der Waals surface area contributed by atoms with Crippen LogP contribution >= 0.6 is 0 Å². The average molecular weight is 208 g/mol. The molecule has 0 aliphatic heterocycles. The highest BCUT2D eigenvalue weighted by Gasteiger charge is 2.14. The minimum atomic E-state index is -0.744. The van der Waals surface area contributed by atoms with E-state index in [9.17, 15) is 4.79 Å². The molecule has 0 radical (unpaired) electrons. The van der Waals surface area contributed by atoms with E-state index < -0.39 is 5.97 Å². The van der Waals surface area contributed by atoms with Crippen molar-refractivity contribution in [3.63, 3.8) is 0 Å². The Bertz CT molecular complexity index is 357. The van der Waals surface area contributed by atoms with Crippen molar-refractivity contribution in [2.75, 3.05) is 0 Å². The van der Waals surface area contributed by atoms with Crippen LogP contribution in [0, 0.1) is 0 Å². The van der Waals surface area contributed by atoms with Gasteiger partial charge >= 0.3 is 5.97 Å². The first-order valence-corrected chi connectivity index (χ1v) is 5.52. The predicted octanol–water partition coefficient (Wildman–Crippen LogP) is 1.63. The summed E-state index contributed by atoms with van der Waals surface area (Å²) in [6.07, 6.45) is 7.75. The van der Waals surface area contributed by atoms with Crippen molar-refractivity contribution in [1.82, 2.24) is 9.55 Å². The van der Waals surface area contributed by atoms with Crippen LogP contribution in [-0.4, -0.2) is 20.6 Å². The van der Waals surface area contributed by atoms with Crippen LogP contribution in [0.3, 0.4) is 0 Å². The molecule has 0 spiro atoms. The monoisotopic (exact) mass is 208 g/mol. The molecule has 4 heteroatoms. The van der Waals surface area contributed by atoms with Crippen LogP contribution in [0.4, 0.5) is 0 Å². The van der Waals surface area contributed by atoms with Gasteiger partial charge in [-0.15, -0.1) is 0 Å². The van der Waals surface area contributed by atoms with Crippen molar-refractivity contribution in [3.05, 3.63) is 17.7 Å². The lowest BCUT2D eigenvalue weighted by atomic mass is 10.2. The van der Waals surface area contributed by atoms with Gasteiger partial charge in [0, 0.05) is 12.2 Å². The van der Waals surface area contributed by atoms with E-state index in [1.807, 2.05) is 4.57 Å². The van der Waals surface area contributed by atoms with Gasteiger partial charge in [-0.05, 0) is 25.7 Å². The van der Waals surface area contributed by atoms with Crippen molar-refractivity contribution < 1.29 is 9.90 Å². The Morgan fingerprint density at radius 2 is 2.20 bits per heavy atom. The maximum atomic E-state index is 10.5. The zero-order valence-electron chi connectivity index (χ0n) is 8.78. The molecule has 0 atom stereocenters. The van der Waals surface area contributed by atoms with E-state index in [1.165, 1.54) is 30.7 Å². The molecule has 1 N–H and O–H groups in total. The first-order chi connectivity index (χ1) is 7.27. The summed E-state index contributed by atoms with van der Waals surface area (Å²) in [4.78, 5) is 14.9. The zero-order chi connectivity index (χ0) is 10.7. The Balaban J connectivity index is 2.11. The van der Waals surface area contributed by atoms with Crippen molar-refractivity contribution in [1.29, 1.82) is 0 Å². The largest absolute Gasteiger partial charge is 0.481 e. The molecule has 0 fully saturated rings. The standard InChI is InChI=1S/C11H16N2O2/c14-11(15)6-7-13-8-12-9-4-2-1-3-5-10(9)13/h8H,1-7H2,(H,14,15). The van der Waals surface area contributed by atoms with Crippen molar-refractivity contribution in [3.8, 4) is 0 Å². The van der Waals surface area contributed by atoms with Crippen LogP contribution in [0.1, 0.15) is 37.1 Å². The number of carboxylic acids is 1. The van der Waals surface area contributed by atoms with Crippen LogP contribution < -0.4 is 0 Å². The van der Waals surface area contributed by atoms with Gasteiger partial charge < -0.3 is 9.67 Å². The van der Waals surface area contributed by atoms with Crippen LogP contribution in [0.2, 0.25) is 0 Å². The number of aliphatic carboxylic acids is 1. The smallest absolute Gasteiger partial charge is 0.305 e. The van der Waals surface area contributed by atoms with Gasteiger partial charge in [-0.3, -0.25) is 4.79 Å². The number of fused-ring (bicyclic) bond motifs is 1. The molecule has 4 nitrogen and oxygen atoms in total. The van der Waals surface area contributed by atoms with Crippen LogP contribution in [0.5, 0.6) is 0 Å². The van der Waals surface area contributed by atoms with E-state index >= 15 is 0 Å². The van der Waals surface area contributed by atoms with Crippen molar-refractivity contribution >= 4 is 5.97 Å². The third-order valence-corrected chi connectivity index (χ3v) is 2.93. The molecule has 0 bridgehead atoms. The van der Waals surface area contributed by atoms with Gasteiger partial charge in [-0.25, -0.2) is 4.98 Å². The summed E-state index contributed by atoms with van der Waals surface area (Å²) in [6.45, 7) is 0.553. The Hall–Kier alpha value is -1.32. The summed E-state index contributed by atoms with van der Waals surface area (Å²) in [7, 11) is 0. The Kier molecular flexibility index (Phi) is 3.04. The SMILES string of the molecule is O=C(O)CCn1cnc2c1CCCCC2. The van der Waals surface area contributed by atoms with E-state index in [-0.39, 0.29) is 6.42 Å². The quantitative estimate of drug-likeness (QED) is 0.768. The number of hydrogen-bond acceptors (Lipinski definition) is 2. The fraction of sp³-hybridized carbons (Fsp3) is 0.636. The third kappa shape index (κ3) is 2.37. The Morgan fingerprint density at radius 3 is 3.00 bits per heavy atom. The van der Waals surface area contributed by atoms with Crippen molar-refractivity contribution in [2.45, 2.75) is 45.1 Å². The van der Waals surface area contributed by atoms with Gasteiger partial charge in [0.25, 0.3) is 0 Å². The van der Waals surface area contributed by atoms with Gasteiger partial charge in [-0.2, -0.15) is 0 Å². The van der Waals surface area contributed by atoms with Gasteiger partial charge in [0.15, 0.2) is 0 Å². The summed E-state index contributed by atoms with van der Waals surface area (Å²) < 4.78 is 2.01. The van der Waals surface area contributed by atoms with E-state index in [0.29, 0.717) is 6.54 Å². The van der Waals surface area contributed by atoms with E-state index in [4.69, 9.17) is 5.11 Å². The zero-order valence-corrected chi connectivity index (χ0v) is 8.78. The van der Waals surface area contributed by atoms with Gasteiger partial charge in [-0.1, -0.05) is 6.42 Å². The molecule has 0 aromatic carbocycles. The fourth-order valence-electron chi connectivity index (χ4n) is 2.12. The average Bonchev–Trinajstić information content (AvgIpc) is 2.44. The van der Waals surface area contributed by atoms with Gasteiger partial charge in [0.05, 0.1) is 18.4 Å². The molecule has 1 aromatic rings. The summed E-state index contributed by atoms with van der Waals surface area (Å²) in [5.74, 6) is -0.744. The molecular formula is C11H16N2O2.